The first-order valence-electron chi connectivity index (χ1n) is 9.06. The Labute approximate surface area is 155 Å². The topological polar surface area (TPSA) is 52.6 Å². The van der Waals surface area contributed by atoms with Crippen LogP contribution in [-0.4, -0.2) is 18.5 Å². The molecule has 2 aromatic carbocycles. The fourth-order valence-corrected chi connectivity index (χ4v) is 2.40. The van der Waals surface area contributed by atoms with Gasteiger partial charge in [-0.05, 0) is 42.0 Å². The molecule has 2 rings (SSSR count). The number of carbonyl (C=O) groups is 2. The first kappa shape index (κ1) is 19.7. The Morgan fingerprint density at radius 2 is 1.38 bits per heavy atom. The largest absolute Gasteiger partial charge is 0.465 e. The van der Waals surface area contributed by atoms with Crippen LogP contribution in [0.2, 0.25) is 0 Å². The zero-order chi connectivity index (χ0) is 18.8. The highest BCUT2D eigenvalue weighted by Gasteiger charge is 2.08. The fraction of sp³-hybridized carbons (Fsp3) is 0.364. The smallest absolute Gasteiger partial charge is 0.311 e. The third-order valence-corrected chi connectivity index (χ3v) is 3.78. The fourth-order valence-electron chi connectivity index (χ4n) is 2.40. The molecule has 0 unspecified atom stereocenters. The van der Waals surface area contributed by atoms with E-state index in [1.807, 2.05) is 56.3 Å². The van der Waals surface area contributed by atoms with Gasteiger partial charge in [-0.3, -0.25) is 9.59 Å². The summed E-state index contributed by atoms with van der Waals surface area (Å²) < 4.78 is 10.4. The summed E-state index contributed by atoms with van der Waals surface area (Å²) in [6, 6.07) is 17.5. The average Bonchev–Trinajstić information content (AvgIpc) is 2.65. The van der Waals surface area contributed by atoms with Crippen LogP contribution in [0.1, 0.15) is 39.5 Å². The van der Waals surface area contributed by atoms with Gasteiger partial charge in [-0.15, -0.1) is 0 Å². The van der Waals surface area contributed by atoms with Crippen molar-refractivity contribution in [1.82, 2.24) is 0 Å². The molecular formula is C22H26O4. The number of hydrogen-bond donors (Lipinski definition) is 0. The maximum atomic E-state index is 11.9. The molecule has 0 saturated carbocycles. The molecule has 0 aliphatic carbocycles. The number of benzene rings is 2. The van der Waals surface area contributed by atoms with E-state index in [0.29, 0.717) is 37.5 Å². The lowest BCUT2D eigenvalue weighted by molar-refractivity contribution is -0.145. The van der Waals surface area contributed by atoms with E-state index < -0.39 is 0 Å². The molecule has 4 nitrogen and oxygen atoms in total. The molecule has 0 aliphatic rings. The van der Waals surface area contributed by atoms with Gasteiger partial charge in [0.2, 0.25) is 0 Å². The van der Waals surface area contributed by atoms with E-state index in [4.69, 9.17) is 9.47 Å². The molecule has 0 spiro atoms. The molecule has 2 aromatic rings. The van der Waals surface area contributed by atoms with Crippen molar-refractivity contribution in [2.24, 2.45) is 5.92 Å². The molecule has 0 fully saturated rings. The van der Waals surface area contributed by atoms with Crippen molar-refractivity contribution in [3.05, 3.63) is 54.6 Å². The predicted octanol–water partition coefficient (Wildman–Crippen LogP) is 5.02. The molecule has 4 heteroatoms. The van der Waals surface area contributed by atoms with Gasteiger partial charge in [0.05, 0.1) is 6.61 Å². The summed E-state index contributed by atoms with van der Waals surface area (Å²) in [7, 11) is 0. The lowest BCUT2D eigenvalue weighted by Gasteiger charge is -2.07. The Hall–Kier alpha value is -2.62. The maximum absolute atomic E-state index is 11.9. The molecule has 0 aromatic heterocycles. The minimum Gasteiger partial charge on any atom is -0.465 e. The number of unbranched alkanes of at least 4 members (excludes halogenated alkanes) is 1. The van der Waals surface area contributed by atoms with Gasteiger partial charge in [-0.25, -0.2) is 0 Å². The van der Waals surface area contributed by atoms with E-state index in [-0.39, 0.29) is 18.4 Å². The number of esters is 2. The van der Waals surface area contributed by atoms with Gasteiger partial charge in [-0.1, -0.05) is 56.3 Å². The van der Waals surface area contributed by atoms with Crippen molar-refractivity contribution in [1.29, 1.82) is 0 Å². The molecule has 138 valence electrons. The van der Waals surface area contributed by atoms with Crippen LogP contribution < -0.4 is 4.74 Å². The maximum Gasteiger partial charge on any atom is 0.311 e. The molecule has 0 heterocycles. The Balaban J connectivity index is 1.69. The van der Waals surface area contributed by atoms with Gasteiger partial charge in [0, 0.05) is 12.8 Å². The SMILES string of the molecule is CC(C)COC(=O)CCCCC(=O)Oc1ccc(-c2ccccc2)cc1. The molecule has 0 N–H and O–H groups in total. The zero-order valence-corrected chi connectivity index (χ0v) is 15.4. The van der Waals surface area contributed by atoms with Crippen molar-refractivity contribution >= 4 is 11.9 Å². The Morgan fingerprint density at radius 1 is 0.808 bits per heavy atom. The van der Waals surface area contributed by atoms with Crippen LogP contribution in [0.4, 0.5) is 0 Å². The van der Waals surface area contributed by atoms with Crippen LogP contribution in [0.3, 0.4) is 0 Å². The van der Waals surface area contributed by atoms with Crippen LogP contribution in [-0.2, 0) is 14.3 Å². The standard InChI is InChI=1S/C22H26O4/c1-17(2)16-25-21(23)10-6-7-11-22(24)26-20-14-12-19(13-15-20)18-8-4-3-5-9-18/h3-5,8-9,12-15,17H,6-7,10-11,16H2,1-2H3. The molecule has 0 saturated heterocycles. The van der Waals surface area contributed by atoms with Crippen LogP contribution in [0, 0.1) is 5.92 Å². The summed E-state index contributed by atoms with van der Waals surface area (Å²) in [4.78, 5) is 23.4. The van der Waals surface area contributed by atoms with Crippen LogP contribution >= 0.6 is 0 Å². The number of rotatable bonds is 9. The second kappa shape index (κ2) is 10.4. The zero-order valence-electron chi connectivity index (χ0n) is 15.4. The van der Waals surface area contributed by atoms with Crippen LogP contribution in [0.25, 0.3) is 11.1 Å². The van der Waals surface area contributed by atoms with Crippen LogP contribution in [0.15, 0.2) is 54.6 Å². The van der Waals surface area contributed by atoms with Crippen molar-refractivity contribution < 1.29 is 19.1 Å². The van der Waals surface area contributed by atoms with E-state index in [0.717, 1.165) is 11.1 Å². The minimum atomic E-state index is -0.284. The predicted molar refractivity (Wildman–Crippen MR) is 102 cm³/mol. The Kier molecular flexibility index (Phi) is 7.87. The van der Waals surface area contributed by atoms with Gasteiger partial charge < -0.3 is 9.47 Å². The highest BCUT2D eigenvalue weighted by Crippen LogP contribution is 2.22. The first-order chi connectivity index (χ1) is 12.5. The van der Waals surface area contributed by atoms with Crippen molar-refractivity contribution in [3.63, 3.8) is 0 Å². The molecule has 0 amide bonds. The normalized spacial score (nSPS) is 10.6. The summed E-state index contributed by atoms with van der Waals surface area (Å²) in [5.41, 5.74) is 2.19. The minimum absolute atomic E-state index is 0.205. The summed E-state index contributed by atoms with van der Waals surface area (Å²) in [6.07, 6.45) is 1.86. The molecular weight excluding hydrogens is 328 g/mol. The first-order valence-corrected chi connectivity index (χ1v) is 9.06. The highest BCUT2D eigenvalue weighted by molar-refractivity contribution is 5.73. The molecule has 26 heavy (non-hydrogen) atoms. The highest BCUT2D eigenvalue weighted by atomic mass is 16.5. The van der Waals surface area contributed by atoms with Gasteiger partial charge in [0.15, 0.2) is 0 Å². The lowest BCUT2D eigenvalue weighted by Crippen LogP contribution is -2.10. The van der Waals surface area contributed by atoms with Gasteiger partial charge in [0.1, 0.15) is 5.75 Å². The van der Waals surface area contributed by atoms with E-state index in [9.17, 15) is 9.59 Å². The molecule has 0 atom stereocenters. The Bertz CT molecular complexity index is 690. The van der Waals surface area contributed by atoms with Gasteiger partial charge in [0.25, 0.3) is 0 Å². The molecule has 0 bridgehead atoms. The number of hydrogen-bond acceptors (Lipinski definition) is 4. The van der Waals surface area contributed by atoms with E-state index in [1.165, 1.54) is 0 Å². The van der Waals surface area contributed by atoms with Crippen LogP contribution in [0.5, 0.6) is 5.75 Å². The summed E-state index contributed by atoms with van der Waals surface area (Å²) in [5.74, 6) is 0.379. The second-order valence-corrected chi connectivity index (χ2v) is 6.65. The summed E-state index contributed by atoms with van der Waals surface area (Å²) in [6.45, 7) is 4.44. The lowest BCUT2D eigenvalue weighted by atomic mass is 10.1. The molecule has 0 radical (unpaired) electrons. The van der Waals surface area contributed by atoms with Crippen molar-refractivity contribution in [2.75, 3.05) is 6.61 Å². The Morgan fingerprint density at radius 3 is 2.00 bits per heavy atom. The summed E-state index contributed by atoms with van der Waals surface area (Å²) in [5, 5.41) is 0. The van der Waals surface area contributed by atoms with E-state index in [2.05, 4.69) is 0 Å². The second-order valence-electron chi connectivity index (χ2n) is 6.65. The summed E-state index contributed by atoms with van der Waals surface area (Å²) >= 11 is 0. The number of ether oxygens (including phenoxy) is 2. The van der Waals surface area contributed by atoms with E-state index in [1.54, 1.807) is 12.1 Å². The molecule has 0 aliphatic heterocycles. The van der Waals surface area contributed by atoms with Gasteiger partial charge >= 0.3 is 11.9 Å². The number of carbonyl (C=O) groups excluding carboxylic acids is 2. The van der Waals surface area contributed by atoms with Gasteiger partial charge in [-0.2, -0.15) is 0 Å². The monoisotopic (exact) mass is 354 g/mol. The van der Waals surface area contributed by atoms with Crippen molar-refractivity contribution in [3.8, 4) is 16.9 Å². The van der Waals surface area contributed by atoms with Crippen molar-refractivity contribution in [2.45, 2.75) is 39.5 Å². The van der Waals surface area contributed by atoms with E-state index >= 15 is 0 Å². The quantitative estimate of drug-likeness (QED) is 0.360. The third kappa shape index (κ3) is 7.09. The average molecular weight is 354 g/mol. The third-order valence-electron chi connectivity index (χ3n) is 3.78.